The number of para-hydroxylation sites is 2. The van der Waals surface area contributed by atoms with Crippen LogP contribution in [0.2, 0.25) is 0 Å². The van der Waals surface area contributed by atoms with Gasteiger partial charge >= 0.3 is 11.7 Å². The Balaban J connectivity index is 1.78. The number of nitrogens with one attached hydrogen (secondary N) is 1. The molecule has 162 valence electrons. The molecule has 0 atom stereocenters. The van der Waals surface area contributed by atoms with E-state index < -0.39 is 5.91 Å². The number of nitrogens with zero attached hydrogens (tertiary/aromatic N) is 4. The number of rotatable bonds is 4. The molecule has 0 bridgehead atoms. The lowest BCUT2D eigenvalue weighted by molar-refractivity contribution is -0.465. The second-order valence-electron chi connectivity index (χ2n) is 7.49. The fourth-order valence-electron chi connectivity index (χ4n) is 3.42. The summed E-state index contributed by atoms with van der Waals surface area (Å²) in [6, 6.07) is 18.4. The van der Waals surface area contributed by atoms with Crippen molar-refractivity contribution in [3.8, 4) is 11.6 Å². The number of amides is 1. The third-order valence-electron chi connectivity index (χ3n) is 5.11. The minimum absolute atomic E-state index is 0.0533. The van der Waals surface area contributed by atoms with Crippen LogP contribution in [0.15, 0.2) is 78.4 Å². The average Bonchev–Trinajstić information content (AvgIpc) is 3.26. The largest absolute Gasteiger partial charge is 0.692 e. The van der Waals surface area contributed by atoms with Crippen LogP contribution in [-0.4, -0.2) is 38.0 Å². The van der Waals surface area contributed by atoms with E-state index in [4.69, 9.17) is 0 Å². The molecule has 1 aliphatic rings. The number of aromatic hydroxyl groups is 1. The lowest BCUT2D eigenvalue weighted by Crippen LogP contribution is -2.36. The summed E-state index contributed by atoms with van der Waals surface area (Å²) in [5.74, 6) is -0.432. The van der Waals surface area contributed by atoms with Crippen LogP contribution in [0.4, 0.5) is 5.69 Å². The molecular formula is C24H23N5O3. The Hall–Kier alpha value is -4.33. The molecule has 0 saturated carbocycles. The van der Waals surface area contributed by atoms with E-state index in [1.165, 1.54) is 9.69 Å². The van der Waals surface area contributed by atoms with E-state index in [9.17, 15) is 15.1 Å². The first-order valence-electron chi connectivity index (χ1n) is 10.1. The fourth-order valence-corrected chi connectivity index (χ4v) is 3.42. The highest BCUT2D eigenvalue weighted by molar-refractivity contribution is 6.12. The molecule has 4 rings (SSSR count). The highest BCUT2D eigenvalue weighted by Crippen LogP contribution is 2.29. The van der Waals surface area contributed by atoms with Gasteiger partial charge in [0.15, 0.2) is 0 Å². The van der Waals surface area contributed by atoms with Crippen molar-refractivity contribution in [3.63, 3.8) is 0 Å². The van der Waals surface area contributed by atoms with E-state index in [0.717, 1.165) is 0 Å². The molecule has 2 N–H and O–H groups in total. The number of benzene rings is 2. The number of aromatic nitrogens is 2. The fraction of sp³-hybridized carbons (Fsp3) is 0.125. The second kappa shape index (κ2) is 8.43. The number of amidine groups is 1. The van der Waals surface area contributed by atoms with Crippen molar-refractivity contribution < 1.29 is 14.7 Å². The Labute approximate surface area is 185 Å². The summed E-state index contributed by atoms with van der Waals surface area (Å²) in [6.07, 6.45) is 1.68. The Morgan fingerprint density at radius 3 is 2.34 bits per heavy atom. The molecule has 0 fully saturated rings. The lowest BCUT2D eigenvalue weighted by atomic mass is 10.1. The summed E-state index contributed by atoms with van der Waals surface area (Å²) >= 11 is 0. The minimum atomic E-state index is -0.456. The van der Waals surface area contributed by atoms with Crippen LogP contribution in [0.25, 0.3) is 11.8 Å². The van der Waals surface area contributed by atoms with E-state index in [0.29, 0.717) is 33.1 Å². The molecule has 0 spiro atoms. The summed E-state index contributed by atoms with van der Waals surface area (Å²) in [5, 5.41) is 32.5. The number of carbonyl (C=O) groups is 1. The lowest BCUT2D eigenvalue weighted by Gasteiger charge is -2.21. The van der Waals surface area contributed by atoms with Gasteiger partial charge in [-0.15, -0.1) is 0 Å². The smallest absolute Gasteiger partial charge is 0.334 e. The molecule has 32 heavy (non-hydrogen) atoms. The van der Waals surface area contributed by atoms with Crippen molar-refractivity contribution in [1.82, 2.24) is 15.1 Å². The van der Waals surface area contributed by atoms with Crippen LogP contribution in [-0.2, 0) is 4.79 Å². The van der Waals surface area contributed by atoms with Gasteiger partial charge in [-0.2, -0.15) is 9.95 Å². The molecule has 0 aliphatic carbocycles. The quantitative estimate of drug-likeness (QED) is 0.377. The number of carbonyl (C=O) groups excluding carboxylic acids is 1. The number of anilines is 1. The zero-order valence-electron chi connectivity index (χ0n) is 17.8. The maximum Gasteiger partial charge on any atom is 0.334 e. The number of hydrogen-bond donors (Lipinski definition) is 2. The molecule has 0 saturated heterocycles. The summed E-state index contributed by atoms with van der Waals surface area (Å²) in [7, 11) is 0. The molecule has 3 aromatic rings. The molecule has 2 heterocycles. The third-order valence-corrected chi connectivity index (χ3v) is 5.11. The number of hydrogen-bond acceptors (Lipinski definition) is 5. The van der Waals surface area contributed by atoms with Crippen LogP contribution in [0.3, 0.4) is 0 Å². The maximum absolute atomic E-state index is 13.1. The van der Waals surface area contributed by atoms with Crippen LogP contribution in [0.5, 0.6) is 5.88 Å². The molecule has 1 amide bonds. The van der Waals surface area contributed by atoms with Crippen molar-refractivity contribution >= 4 is 23.5 Å². The molecule has 1 aromatic heterocycles. The van der Waals surface area contributed by atoms with Crippen molar-refractivity contribution in [2.24, 2.45) is 0 Å². The van der Waals surface area contributed by atoms with Gasteiger partial charge in [0.25, 0.3) is 0 Å². The first-order valence-corrected chi connectivity index (χ1v) is 10.1. The summed E-state index contributed by atoms with van der Waals surface area (Å²) in [5.41, 5.74) is 3.24. The molecule has 1 aliphatic heterocycles. The van der Waals surface area contributed by atoms with Gasteiger partial charge in [-0.3, -0.25) is 0 Å². The Morgan fingerprint density at radius 2 is 1.75 bits per heavy atom. The van der Waals surface area contributed by atoms with E-state index in [2.05, 4.69) is 17.0 Å². The van der Waals surface area contributed by atoms with Gasteiger partial charge in [0.1, 0.15) is 0 Å². The van der Waals surface area contributed by atoms with E-state index in [1.807, 2.05) is 60.7 Å². The monoisotopic (exact) mass is 429 g/mol. The predicted octanol–water partition coefficient (Wildman–Crippen LogP) is 3.31. The number of aryl methyl sites for hydroxylation is 1. The van der Waals surface area contributed by atoms with Gasteiger partial charge in [0, 0.05) is 5.57 Å². The summed E-state index contributed by atoms with van der Waals surface area (Å²) < 4.78 is 1.44. The molecular weight excluding hydrogens is 406 g/mol. The van der Waals surface area contributed by atoms with Gasteiger partial charge in [-0.05, 0) is 44.2 Å². The SMILES string of the molecule is C=C(C)C(=O)NC1=[N+]([O-])N(c2ccccc2)CC1=Cc1c(C)nn(-c2ccccc2)c1O. The van der Waals surface area contributed by atoms with E-state index in [-0.39, 0.29) is 23.8 Å². The predicted molar refractivity (Wildman–Crippen MR) is 123 cm³/mol. The van der Waals surface area contributed by atoms with E-state index >= 15 is 0 Å². The van der Waals surface area contributed by atoms with E-state index in [1.54, 1.807) is 19.9 Å². The Kier molecular flexibility index (Phi) is 5.51. The number of hydrazone groups is 1. The average molecular weight is 429 g/mol. The van der Waals surface area contributed by atoms with Gasteiger partial charge < -0.3 is 10.3 Å². The topological polar surface area (TPSA) is 96.5 Å². The first kappa shape index (κ1) is 20.9. The zero-order valence-corrected chi connectivity index (χ0v) is 17.8. The van der Waals surface area contributed by atoms with Crippen LogP contribution in [0.1, 0.15) is 18.2 Å². The summed E-state index contributed by atoms with van der Waals surface area (Å²) in [4.78, 5) is 12.9. The van der Waals surface area contributed by atoms with Crippen molar-refractivity contribution in [1.29, 1.82) is 0 Å². The van der Waals surface area contributed by atoms with Gasteiger partial charge in [-0.1, -0.05) is 43.0 Å². The summed E-state index contributed by atoms with van der Waals surface area (Å²) in [6.45, 7) is 7.19. The van der Waals surface area contributed by atoms with Crippen LogP contribution >= 0.6 is 0 Å². The Bertz CT molecular complexity index is 1240. The number of hydrazine groups is 1. The first-order chi connectivity index (χ1) is 15.4. The zero-order chi connectivity index (χ0) is 22.8. The normalized spacial score (nSPS) is 14.8. The maximum atomic E-state index is 13.1. The third kappa shape index (κ3) is 3.85. The molecule has 8 nitrogen and oxygen atoms in total. The minimum Gasteiger partial charge on any atom is -0.692 e. The van der Waals surface area contributed by atoms with Gasteiger partial charge in [0.2, 0.25) is 5.88 Å². The Morgan fingerprint density at radius 1 is 1.16 bits per heavy atom. The van der Waals surface area contributed by atoms with Crippen LogP contribution in [0, 0.1) is 12.1 Å². The van der Waals surface area contributed by atoms with Crippen molar-refractivity contribution in [3.05, 3.63) is 94.9 Å². The molecule has 8 heteroatoms. The molecule has 0 unspecified atom stereocenters. The van der Waals surface area contributed by atoms with Crippen molar-refractivity contribution in [2.75, 3.05) is 11.6 Å². The van der Waals surface area contributed by atoms with Gasteiger partial charge in [-0.25, -0.2) is 19.8 Å². The highest BCUT2D eigenvalue weighted by atomic mass is 16.5. The van der Waals surface area contributed by atoms with Crippen LogP contribution < -0.4 is 10.3 Å². The second-order valence-corrected chi connectivity index (χ2v) is 7.49. The van der Waals surface area contributed by atoms with Crippen molar-refractivity contribution in [2.45, 2.75) is 13.8 Å². The highest BCUT2D eigenvalue weighted by Gasteiger charge is 2.33. The standard InChI is InChI=1S/C24H23N5O3/c1-16(2)23(30)25-22-18(15-27(29(22)32)19-10-6-4-7-11-19)14-21-17(3)26-28(24(21)31)20-12-8-5-9-13-20/h4-14,31H,1,15H2,2-3H3,(H,25,30). The van der Waals surface area contributed by atoms with Gasteiger partial charge in [0.05, 0.1) is 34.8 Å². The molecule has 0 radical (unpaired) electrons. The molecule has 2 aromatic carbocycles.